The molecule has 2 N–H and O–H groups in total. The van der Waals surface area contributed by atoms with Gasteiger partial charge < -0.3 is 10.5 Å². The first-order valence-corrected chi connectivity index (χ1v) is 4.35. The van der Waals surface area contributed by atoms with Gasteiger partial charge in [-0.2, -0.15) is 5.26 Å². The van der Waals surface area contributed by atoms with Crippen molar-refractivity contribution in [2.45, 2.75) is 12.5 Å². The minimum Gasteiger partial charge on any atom is -0.468 e. The second-order valence-electron chi connectivity index (χ2n) is 2.98. The van der Waals surface area contributed by atoms with Crippen LogP contribution in [0, 0.1) is 11.3 Å². The number of aromatic nitrogens is 1. The van der Waals surface area contributed by atoms with Gasteiger partial charge >= 0.3 is 5.97 Å². The molecule has 0 amide bonds. The summed E-state index contributed by atoms with van der Waals surface area (Å²) >= 11 is 0. The van der Waals surface area contributed by atoms with Crippen LogP contribution in [-0.2, 0) is 16.0 Å². The zero-order chi connectivity index (χ0) is 11.3. The fraction of sp³-hybridized carbons (Fsp3) is 0.300. The lowest BCUT2D eigenvalue weighted by atomic mass is 10.0. The van der Waals surface area contributed by atoms with Crippen molar-refractivity contribution in [3.05, 3.63) is 29.6 Å². The first-order chi connectivity index (χ1) is 7.19. The van der Waals surface area contributed by atoms with Gasteiger partial charge in [0.15, 0.2) is 0 Å². The molecule has 0 spiro atoms. The summed E-state index contributed by atoms with van der Waals surface area (Å²) in [7, 11) is 1.27. The Balaban J connectivity index is 2.81. The topological polar surface area (TPSA) is 89.0 Å². The van der Waals surface area contributed by atoms with Crippen molar-refractivity contribution in [2.24, 2.45) is 5.73 Å². The summed E-state index contributed by atoms with van der Waals surface area (Å²) in [5.74, 6) is -0.497. The summed E-state index contributed by atoms with van der Waals surface area (Å²) in [6.45, 7) is 0. The Morgan fingerprint density at radius 1 is 1.80 bits per heavy atom. The highest BCUT2D eigenvalue weighted by Gasteiger charge is 2.16. The Hall–Kier alpha value is -1.93. The first kappa shape index (κ1) is 11.1. The molecule has 1 aromatic heterocycles. The Bertz CT molecular complexity index is 398. The van der Waals surface area contributed by atoms with Gasteiger partial charge in [-0.05, 0) is 11.6 Å². The fourth-order valence-corrected chi connectivity index (χ4v) is 1.17. The summed E-state index contributed by atoms with van der Waals surface area (Å²) in [4.78, 5) is 14.9. The van der Waals surface area contributed by atoms with Crippen molar-refractivity contribution in [1.82, 2.24) is 4.98 Å². The van der Waals surface area contributed by atoms with E-state index in [4.69, 9.17) is 11.0 Å². The molecule has 0 aliphatic rings. The van der Waals surface area contributed by atoms with Gasteiger partial charge in [0.05, 0.1) is 18.7 Å². The normalized spacial score (nSPS) is 11.5. The monoisotopic (exact) mass is 205 g/mol. The lowest BCUT2D eigenvalue weighted by Gasteiger charge is -2.09. The van der Waals surface area contributed by atoms with Gasteiger partial charge in [0.25, 0.3) is 0 Å². The van der Waals surface area contributed by atoms with Gasteiger partial charge in [-0.3, -0.25) is 9.78 Å². The molecule has 0 bridgehead atoms. The lowest BCUT2D eigenvalue weighted by molar-refractivity contribution is -0.142. The molecule has 5 heteroatoms. The van der Waals surface area contributed by atoms with Gasteiger partial charge in [-0.15, -0.1) is 0 Å². The Kier molecular flexibility index (Phi) is 3.77. The van der Waals surface area contributed by atoms with E-state index in [1.165, 1.54) is 19.5 Å². The highest BCUT2D eigenvalue weighted by atomic mass is 16.5. The predicted octanol–water partition coefficient (Wildman–Crippen LogP) is -0.00392. The number of rotatable bonds is 3. The van der Waals surface area contributed by atoms with Crippen LogP contribution in [0.15, 0.2) is 18.5 Å². The molecular formula is C10H11N3O2. The maximum atomic E-state index is 11.1. The van der Waals surface area contributed by atoms with E-state index in [-0.39, 0.29) is 6.42 Å². The molecule has 78 valence electrons. The molecule has 0 aliphatic carbocycles. The van der Waals surface area contributed by atoms with E-state index in [9.17, 15) is 4.79 Å². The first-order valence-electron chi connectivity index (χ1n) is 4.35. The van der Waals surface area contributed by atoms with Crippen LogP contribution in [0.1, 0.15) is 11.1 Å². The SMILES string of the molecule is COC(=O)C(N)Cc1cnccc1C#N. The van der Waals surface area contributed by atoms with Crippen LogP contribution in [0.2, 0.25) is 0 Å². The quantitative estimate of drug-likeness (QED) is 0.701. The smallest absolute Gasteiger partial charge is 0.322 e. The molecule has 0 fully saturated rings. The van der Waals surface area contributed by atoms with Gasteiger partial charge in [0.2, 0.25) is 0 Å². The third-order valence-corrected chi connectivity index (χ3v) is 1.97. The van der Waals surface area contributed by atoms with Crippen molar-refractivity contribution >= 4 is 5.97 Å². The Labute approximate surface area is 87.5 Å². The minimum absolute atomic E-state index is 0.253. The van der Waals surface area contributed by atoms with Crippen molar-refractivity contribution in [2.75, 3.05) is 7.11 Å². The zero-order valence-electron chi connectivity index (χ0n) is 8.30. The zero-order valence-corrected chi connectivity index (χ0v) is 8.30. The Morgan fingerprint density at radius 3 is 3.13 bits per heavy atom. The number of hydrogen-bond donors (Lipinski definition) is 1. The van der Waals surface area contributed by atoms with Crippen molar-refractivity contribution in [3.63, 3.8) is 0 Å². The van der Waals surface area contributed by atoms with Gasteiger partial charge in [-0.25, -0.2) is 0 Å². The summed E-state index contributed by atoms with van der Waals surface area (Å²) in [6.07, 6.45) is 3.30. The molecule has 0 aliphatic heterocycles. The molecule has 1 unspecified atom stereocenters. The molecule has 0 saturated carbocycles. The molecular weight excluding hydrogens is 194 g/mol. The highest BCUT2D eigenvalue weighted by Crippen LogP contribution is 2.08. The van der Waals surface area contributed by atoms with Crippen LogP contribution in [0.4, 0.5) is 0 Å². The largest absolute Gasteiger partial charge is 0.468 e. The van der Waals surface area contributed by atoms with Gasteiger partial charge in [0.1, 0.15) is 6.04 Å². The number of ether oxygens (including phenoxy) is 1. The second kappa shape index (κ2) is 5.08. The number of hydrogen-bond acceptors (Lipinski definition) is 5. The highest BCUT2D eigenvalue weighted by molar-refractivity contribution is 5.75. The van der Waals surface area contributed by atoms with E-state index in [0.717, 1.165) is 0 Å². The number of nitriles is 1. The maximum Gasteiger partial charge on any atom is 0.322 e. The van der Waals surface area contributed by atoms with Crippen LogP contribution < -0.4 is 5.73 Å². The molecule has 0 aromatic carbocycles. The van der Waals surface area contributed by atoms with E-state index < -0.39 is 12.0 Å². The lowest BCUT2D eigenvalue weighted by Crippen LogP contribution is -2.33. The molecule has 1 heterocycles. The molecule has 1 rings (SSSR count). The number of carbonyl (C=O) groups excluding carboxylic acids is 1. The molecule has 1 atom stereocenters. The van der Waals surface area contributed by atoms with E-state index in [1.54, 1.807) is 6.07 Å². The van der Waals surface area contributed by atoms with Gasteiger partial charge in [-0.1, -0.05) is 0 Å². The molecule has 1 aromatic rings. The Morgan fingerprint density at radius 2 is 2.53 bits per heavy atom. The predicted molar refractivity (Wildman–Crippen MR) is 52.6 cm³/mol. The van der Waals surface area contributed by atoms with Crippen molar-refractivity contribution < 1.29 is 9.53 Å². The molecule has 0 saturated heterocycles. The number of esters is 1. The van der Waals surface area contributed by atoms with E-state index >= 15 is 0 Å². The van der Waals surface area contributed by atoms with E-state index in [1.807, 2.05) is 6.07 Å². The van der Waals surface area contributed by atoms with Gasteiger partial charge in [0, 0.05) is 18.8 Å². The summed E-state index contributed by atoms with van der Waals surface area (Å²) in [6, 6.07) is 2.83. The molecule has 5 nitrogen and oxygen atoms in total. The maximum absolute atomic E-state index is 11.1. The number of methoxy groups -OCH3 is 1. The average molecular weight is 205 g/mol. The minimum atomic E-state index is -0.758. The van der Waals surface area contributed by atoms with E-state index in [2.05, 4.69) is 9.72 Å². The standard InChI is InChI=1S/C10H11N3O2/c1-15-10(14)9(12)4-8-6-13-3-2-7(8)5-11/h2-3,6,9H,4,12H2,1H3. The number of carbonyl (C=O) groups is 1. The number of pyridine rings is 1. The third-order valence-electron chi connectivity index (χ3n) is 1.97. The fourth-order valence-electron chi connectivity index (χ4n) is 1.17. The van der Waals surface area contributed by atoms with Crippen LogP contribution in [-0.4, -0.2) is 24.1 Å². The summed E-state index contributed by atoms with van der Waals surface area (Å²) < 4.78 is 4.49. The second-order valence-corrected chi connectivity index (χ2v) is 2.98. The summed E-state index contributed by atoms with van der Waals surface area (Å²) in [5, 5.41) is 8.79. The van der Waals surface area contributed by atoms with Crippen molar-refractivity contribution in [1.29, 1.82) is 5.26 Å². The average Bonchev–Trinajstić information content (AvgIpc) is 2.28. The molecule has 15 heavy (non-hydrogen) atoms. The van der Waals surface area contributed by atoms with Crippen molar-refractivity contribution in [3.8, 4) is 6.07 Å². The van der Waals surface area contributed by atoms with Crippen LogP contribution in [0.3, 0.4) is 0 Å². The van der Waals surface area contributed by atoms with Crippen LogP contribution in [0.5, 0.6) is 0 Å². The van der Waals surface area contributed by atoms with Crippen LogP contribution in [0.25, 0.3) is 0 Å². The summed E-state index contributed by atoms with van der Waals surface area (Å²) in [5.41, 5.74) is 6.70. The van der Waals surface area contributed by atoms with E-state index in [0.29, 0.717) is 11.1 Å². The number of nitrogens with zero attached hydrogens (tertiary/aromatic N) is 2. The van der Waals surface area contributed by atoms with Crippen LogP contribution >= 0.6 is 0 Å². The third kappa shape index (κ3) is 2.76. The number of nitrogens with two attached hydrogens (primary N) is 1. The molecule has 0 radical (unpaired) electrons.